The van der Waals surface area contributed by atoms with Crippen LogP contribution in [-0.4, -0.2) is 22.6 Å². The zero-order chi connectivity index (χ0) is 20.3. The SMILES string of the molecule is C[C@H](CCC(=O)O)[C@H]1CC[C@H]2[C@H]3C(=O)CC4CC(=O)CC[C@]4(C)[C@H]3C=C[C@]12C. The second-order valence-corrected chi connectivity index (χ2v) is 10.6. The van der Waals surface area contributed by atoms with Gasteiger partial charge in [0.2, 0.25) is 0 Å². The molecule has 4 aliphatic carbocycles. The maximum atomic E-state index is 13.3. The van der Waals surface area contributed by atoms with E-state index in [1.165, 1.54) is 0 Å². The molecule has 8 atom stereocenters. The van der Waals surface area contributed by atoms with Gasteiger partial charge in [-0.15, -0.1) is 0 Å². The molecule has 0 aromatic heterocycles. The first kappa shape index (κ1) is 19.8. The third kappa shape index (κ3) is 2.90. The van der Waals surface area contributed by atoms with Crippen molar-refractivity contribution in [3.05, 3.63) is 12.2 Å². The van der Waals surface area contributed by atoms with Crippen LogP contribution in [0.1, 0.15) is 72.1 Å². The van der Waals surface area contributed by atoms with Crippen LogP contribution in [-0.2, 0) is 14.4 Å². The Labute approximate surface area is 168 Å². The predicted molar refractivity (Wildman–Crippen MR) is 107 cm³/mol. The Kier molecular flexibility index (Phi) is 4.83. The van der Waals surface area contributed by atoms with Crippen molar-refractivity contribution in [3.8, 4) is 0 Å². The smallest absolute Gasteiger partial charge is 0.303 e. The van der Waals surface area contributed by atoms with E-state index in [4.69, 9.17) is 5.11 Å². The van der Waals surface area contributed by atoms with Gasteiger partial charge >= 0.3 is 5.97 Å². The molecule has 28 heavy (non-hydrogen) atoms. The van der Waals surface area contributed by atoms with E-state index in [2.05, 4.69) is 32.9 Å². The maximum absolute atomic E-state index is 13.3. The molecular weight excluding hydrogens is 352 g/mol. The fourth-order valence-corrected chi connectivity index (χ4v) is 7.60. The van der Waals surface area contributed by atoms with Crippen molar-refractivity contribution in [2.45, 2.75) is 72.1 Å². The molecule has 0 spiro atoms. The topological polar surface area (TPSA) is 71.4 Å². The molecule has 1 unspecified atom stereocenters. The second kappa shape index (κ2) is 6.81. The number of hydrogen-bond donors (Lipinski definition) is 1. The first-order valence-corrected chi connectivity index (χ1v) is 11.1. The quantitative estimate of drug-likeness (QED) is 0.713. The number of carboxylic acids is 1. The summed E-state index contributed by atoms with van der Waals surface area (Å²) in [5.74, 6) is 1.69. The van der Waals surface area contributed by atoms with Gasteiger partial charge in [-0.25, -0.2) is 0 Å². The van der Waals surface area contributed by atoms with E-state index >= 15 is 0 Å². The molecule has 3 saturated carbocycles. The molecule has 1 N–H and O–H groups in total. The fraction of sp³-hybridized carbons (Fsp3) is 0.792. The molecule has 0 amide bonds. The molecule has 4 rings (SSSR count). The van der Waals surface area contributed by atoms with Crippen LogP contribution in [0.3, 0.4) is 0 Å². The van der Waals surface area contributed by atoms with Gasteiger partial charge in [0.25, 0.3) is 0 Å². The van der Waals surface area contributed by atoms with E-state index in [9.17, 15) is 14.4 Å². The molecule has 4 aliphatic rings. The predicted octanol–water partition coefficient (Wildman–Crippen LogP) is 4.67. The Morgan fingerprint density at radius 1 is 1.25 bits per heavy atom. The second-order valence-electron chi connectivity index (χ2n) is 10.6. The van der Waals surface area contributed by atoms with Crippen molar-refractivity contribution in [3.63, 3.8) is 0 Å². The number of aliphatic carboxylic acids is 1. The average molecular weight is 387 g/mol. The van der Waals surface area contributed by atoms with Crippen molar-refractivity contribution in [2.24, 2.45) is 46.3 Å². The zero-order valence-electron chi connectivity index (χ0n) is 17.4. The van der Waals surface area contributed by atoms with Crippen LogP contribution in [0, 0.1) is 46.3 Å². The molecule has 0 aromatic carbocycles. The number of carbonyl (C=O) groups excluding carboxylic acids is 2. The summed E-state index contributed by atoms with van der Waals surface area (Å²) in [6.45, 7) is 6.82. The summed E-state index contributed by atoms with van der Waals surface area (Å²) in [7, 11) is 0. The van der Waals surface area contributed by atoms with Crippen LogP contribution >= 0.6 is 0 Å². The van der Waals surface area contributed by atoms with Gasteiger partial charge in [-0.2, -0.15) is 0 Å². The maximum Gasteiger partial charge on any atom is 0.303 e. The molecule has 4 heteroatoms. The number of carbonyl (C=O) groups is 3. The Hall–Kier alpha value is -1.45. The molecule has 154 valence electrons. The minimum Gasteiger partial charge on any atom is -0.481 e. The summed E-state index contributed by atoms with van der Waals surface area (Å²) in [6.07, 6.45) is 10.5. The normalized spacial score (nSPS) is 45.9. The highest BCUT2D eigenvalue weighted by atomic mass is 16.4. The number of allylic oxidation sites excluding steroid dienone is 2. The lowest BCUT2D eigenvalue weighted by Crippen LogP contribution is -2.55. The fourth-order valence-electron chi connectivity index (χ4n) is 7.60. The van der Waals surface area contributed by atoms with Crippen LogP contribution in [0.5, 0.6) is 0 Å². The highest BCUT2D eigenvalue weighted by Gasteiger charge is 2.61. The summed E-state index contributed by atoms with van der Waals surface area (Å²) in [5, 5.41) is 9.07. The van der Waals surface area contributed by atoms with Crippen molar-refractivity contribution < 1.29 is 19.5 Å². The van der Waals surface area contributed by atoms with Crippen LogP contribution in [0.4, 0.5) is 0 Å². The molecular formula is C24H34O4. The van der Waals surface area contributed by atoms with Gasteiger partial charge in [0.1, 0.15) is 11.6 Å². The summed E-state index contributed by atoms with van der Waals surface area (Å²) < 4.78 is 0. The third-order valence-corrected chi connectivity index (χ3v) is 9.30. The van der Waals surface area contributed by atoms with Gasteiger partial charge in [0.15, 0.2) is 0 Å². The standard InChI is InChI=1S/C24H34O4/c1-14(4-7-21(27)28)17-5-6-18-22-19(9-11-24(17,18)3)23(2)10-8-16(25)12-15(23)13-20(22)26/h9,11,14-15,17-19,22H,4-8,10,12-13H2,1-3H3,(H,27,28)/t14-,15?,17-,18+,19+,22-,23+,24-/m1/s1. The number of rotatable bonds is 4. The zero-order valence-corrected chi connectivity index (χ0v) is 17.4. The average Bonchev–Trinajstić information content (AvgIpc) is 2.98. The van der Waals surface area contributed by atoms with Crippen LogP contribution in [0.15, 0.2) is 12.2 Å². The largest absolute Gasteiger partial charge is 0.481 e. The number of fused-ring (bicyclic) bond motifs is 5. The van der Waals surface area contributed by atoms with Gasteiger partial charge in [-0.3, -0.25) is 14.4 Å². The van der Waals surface area contributed by atoms with E-state index in [0.717, 1.165) is 19.3 Å². The van der Waals surface area contributed by atoms with E-state index in [1.807, 2.05) is 0 Å². The monoisotopic (exact) mass is 386 g/mol. The van der Waals surface area contributed by atoms with E-state index < -0.39 is 5.97 Å². The third-order valence-electron chi connectivity index (χ3n) is 9.30. The van der Waals surface area contributed by atoms with Crippen molar-refractivity contribution in [1.82, 2.24) is 0 Å². The lowest BCUT2D eigenvalue weighted by Gasteiger charge is -2.57. The van der Waals surface area contributed by atoms with E-state index in [1.54, 1.807) is 0 Å². The van der Waals surface area contributed by atoms with Gasteiger partial charge in [-0.1, -0.05) is 32.9 Å². The van der Waals surface area contributed by atoms with Crippen molar-refractivity contribution in [2.75, 3.05) is 0 Å². The molecule has 4 nitrogen and oxygen atoms in total. The number of carboxylic acid groups (broad SMARTS) is 1. The first-order chi connectivity index (χ1) is 13.2. The molecule has 3 fully saturated rings. The molecule has 0 radical (unpaired) electrons. The first-order valence-electron chi connectivity index (χ1n) is 11.1. The van der Waals surface area contributed by atoms with Crippen LogP contribution < -0.4 is 0 Å². The van der Waals surface area contributed by atoms with Crippen LogP contribution in [0.2, 0.25) is 0 Å². The van der Waals surface area contributed by atoms with E-state index in [-0.39, 0.29) is 35.0 Å². The molecule has 0 aromatic rings. The van der Waals surface area contributed by atoms with Gasteiger partial charge in [0.05, 0.1) is 0 Å². The molecule has 0 heterocycles. The Morgan fingerprint density at radius 3 is 2.71 bits per heavy atom. The minimum atomic E-state index is -0.723. The van der Waals surface area contributed by atoms with Gasteiger partial charge < -0.3 is 5.11 Å². The summed E-state index contributed by atoms with van der Waals surface area (Å²) in [4.78, 5) is 36.3. The minimum absolute atomic E-state index is 0.0115. The molecule has 0 saturated heterocycles. The van der Waals surface area contributed by atoms with Crippen molar-refractivity contribution in [1.29, 1.82) is 0 Å². The number of Topliss-reactive ketones (excluding diaryl/α,β-unsaturated/α-hetero) is 2. The lowest BCUT2D eigenvalue weighted by molar-refractivity contribution is -0.147. The summed E-state index contributed by atoms with van der Waals surface area (Å²) >= 11 is 0. The molecule has 0 bridgehead atoms. The van der Waals surface area contributed by atoms with E-state index in [0.29, 0.717) is 55.0 Å². The summed E-state index contributed by atoms with van der Waals surface area (Å²) in [6, 6.07) is 0. The highest BCUT2D eigenvalue weighted by Crippen LogP contribution is 2.65. The molecule has 0 aliphatic heterocycles. The Balaban J connectivity index is 1.63. The highest BCUT2D eigenvalue weighted by molar-refractivity contribution is 5.86. The Morgan fingerprint density at radius 2 is 2.00 bits per heavy atom. The van der Waals surface area contributed by atoms with Gasteiger partial charge in [-0.05, 0) is 66.1 Å². The van der Waals surface area contributed by atoms with Gasteiger partial charge in [0, 0.05) is 31.6 Å². The number of ketones is 2. The van der Waals surface area contributed by atoms with Crippen molar-refractivity contribution >= 4 is 17.5 Å². The number of hydrogen-bond acceptors (Lipinski definition) is 3. The van der Waals surface area contributed by atoms with Crippen LogP contribution in [0.25, 0.3) is 0 Å². The lowest BCUT2D eigenvalue weighted by atomic mass is 9.46. The summed E-state index contributed by atoms with van der Waals surface area (Å²) in [5.41, 5.74) is 0.0553. The Bertz CT molecular complexity index is 724.